The minimum atomic E-state index is 0.273. The van der Waals surface area contributed by atoms with Crippen molar-refractivity contribution in [3.63, 3.8) is 0 Å². The van der Waals surface area contributed by atoms with Crippen molar-refractivity contribution < 1.29 is 4.79 Å². The van der Waals surface area contributed by atoms with Gasteiger partial charge in [0.1, 0.15) is 0 Å². The second kappa shape index (κ2) is 5.10. The number of ketones is 1. The third-order valence-corrected chi connectivity index (χ3v) is 3.02. The molecule has 0 bridgehead atoms. The molecule has 1 aromatic heterocycles. The number of hydrogen-bond donors (Lipinski definition) is 0. The zero-order valence-corrected chi connectivity index (χ0v) is 9.78. The lowest BCUT2D eigenvalue weighted by molar-refractivity contribution is -0.115. The van der Waals surface area contributed by atoms with E-state index in [0.717, 1.165) is 30.4 Å². The first kappa shape index (κ1) is 11.1. The number of aromatic nitrogens is 2. The Morgan fingerprint density at radius 2 is 2.31 bits per heavy atom. The van der Waals surface area contributed by atoms with Crippen LogP contribution >= 0.6 is 0 Å². The van der Waals surface area contributed by atoms with Crippen molar-refractivity contribution in [3.05, 3.63) is 29.6 Å². The highest BCUT2D eigenvalue weighted by Gasteiger charge is 2.12. The van der Waals surface area contributed by atoms with E-state index in [0.29, 0.717) is 6.42 Å². The topological polar surface area (TPSA) is 34.9 Å². The minimum absolute atomic E-state index is 0.273. The first-order valence-electron chi connectivity index (χ1n) is 5.95. The molecule has 16 heavy (non-hydrogen) atoms. The molecule has 0 aromatic carbocycles. The second-order valence-corrected chi connectivity index (χ2v) is 4.45. The van der Waals surface area contributed by atoms with Gasteiger partial charge in [-0.3, -0.25) is 9.48 Å². The summed E-state index contributed by atoms with van der Waals surface area (Å²) < 4.78 is 1.74. The van der Waals surface area contributed by atoms with Gasteiger partial charge in [-0.05, 0) is 36.8 Å². The summed E-state index contributed by atoms with van der Waals surface area (Å²) in [5, 5.41) is 4.08. The fourth-order valence-corrected chi connectivity index (χ4v) is 2.13. The third kappa shape index (κ3) is 2.81. The van der Waals surface area contributed by atoms with Crippen molar-refractivity contribution in [2.45, 2.75) is 38.5 Å². The monoisotopic (exact) mass is 218 g/mol. The molecule has 0 N–H and O–H groups in total. The average Bonchev–Trinajstić information content (AvgIpc) is 2.56. The first-order valence-corrected chi connectivity index (χ1v) is 5.95. The van der Waals surface area contributed by atoms with Crippen LogP contribution in [0.15, 0.2) is 24.0 Å². The molecular formula is C13H18N2O. The van der Waals surface area contributed by atoms with Crippen LogP contribution in [0.3, 0.4) is 0 Å². The molecular weight excluding hydrogens is 200 g/mol. The Balaban J connectivity index is 1.99. The van der Waals surface area contributed by atoms with Gasteiger partial charge >= 0.3 is 0 Å². The van der Waals surface area contributed by atoms with Gasteiger partial charge in [0.05, 0.1) is 6.20 Å². The van der Waals surface area contributed by atoms with Gasteiger partial charge < -0.3 is 0 Å². The quantitative estimate of drug-likeness (QED) is 0.781. The van der Waals surface area contributed by atoms with Crippen molar-refractivity contribution in [1.29, 1.82) is 0 Å². The summed E-state index contributed by atoms with van der Waals surface area (Å²) in [5.74, 6) is 0.273. The molecule has 0 saturated carbocycles. The van der Waals surface area contributed by atoms with Crippen LogP contribution in [0.1, 0.15) is 37.7 Å². The summed E-state index contributed by atoms with van der Waals surface area (Å²) >= 11 is 0. The maximum absolute atomic E-state index is 12.0. The van der Waals surface area contributed by atoms with Gasteiger partial charge in [0.2, 0.25) is 0 Å². The first-order chi connectivity index (χ1) is 7.75. The number of rotatable bonds is 3. The molecule has 1 aromatic rings. The summed E-state index contributed by atoms with van der Waals surface area (Å²) in [4.78, 5) is 12.0. The minimum Gasteiger partial charge on any atom is -0.294 e. The Morgan fingerprint density at radius 1 is 1.44 bits per heavy atom. The summed E-state index contributed by atoms with van der Waals surface area (Å²) in [7, 11) is 1.87. The number of carbonyl (C=O) groups excluding carboxylic acids is 1. The van der Waals surface area contributed by atoms with E-state index in [4.69, 9.17) is 0 Å². The highest BCUT2D eigenvalue weighted by molar-refractivity contribution is 5.96. The van der Waals surface area contributed by atoms with E-state index in [2.05, 4.69) is 11.2 Å². The lowest BCUT2D eigenvalue weighted by Crippen LogP contribution is -2.05. The van der Waals surface area contributed by atoms with Crippen molar-refractivity contribution in [1.82, 2.24) is 9.78 Å². The molecule has 0 saturated heterocycles. The highest BCUT2D eigenvalue weighted by Crippen LogP contribution is 2.19. The van der Waals surface area contributed by atoms with Gasteiger partial charge in [0.25, 0.3) is 0 Å². The number of carbonyl (C=O) groups is 1. The number of nitrogens with zero attached hydrogens (tertiary/aromatic N) is 2. The number of aryl methyl sites for hydroxylation is 1. The van der Waals surface area contributed by atoms with Gasteiger partial charge in [-0.25, -0.2) is 0 Å². The molecule has 1 aliphatic carbocycles. The molecule has 3 heteroatoms. The maximum atomic E-state index is 12.0. The number of allylic oxidation sites excluding steroid dienone is 2. The van der Waals surface area contributed by atoms with Crippen LogP contribution in [0.2, 0.25) is 0 Å². The van der Waals surface area contributed by atoms with Gasteiger partial charge in [-0.1, -0.05) is 12.5 Å². The lowest BCUT2D eigenvalue weighted by atomic mass is 10.0. The van der Waals surface area contributed by atoms with Crippen LogP contribution < -0.4 is 0 Å². The van der Waals surface area contributed by atoms with E-state index in [-0.39, 0.29) is 5.78 Å². The van der Waals surface area contributed by atoms with E-state index in [9.17, 15) is 4.79 Å². The molecule has 0 atom stereocenters. The Labute approximate surface area is 96.2 Å². The summed E-state index contributed by atoms with van der Waals surface area (Å²) in [6.07, 6.45) is 12.0. The van der Waals surface area contributed by atoms with Crippen molar-refractivity contribution in [2.75, 3.05) is 0 Å². The predicted molar refractivity (Wildman–Crippen MR) is 63.1 cm³/mol. The molecule has 2 rings (SSSR count). The predicted octanol–water partition coefficient (Wildman–Crippen LogP) is 2.42. The van der Waals surface area contributed by atoms with E-state index in [1.807, 2.05) is 13.2 Å². The van der Waals surface area contributed by atoms with Gasteiger partial charge in [0, 0.05) is 19.7 Å². The Kier molecular flexibility index (Phi) is 3.54. The maximum Gasteiger partial charge on any atom is 0.163 e. The molecule has 0 spiro atoms. The fraction of sp³-hybridized carbons (Fsp3) is 0.538. The zero-order valence-electron chi connectivity index (χ0n) is 9.78. The van der Waals surface area contributed by atoms with E-state index >= 15 is 0 Å². The SMILES string of the molecule is Cn1cc(CC(=O)C2=CCCCCC2)cn1. The van der Waals surface area contributed by atoms with Crippen LogP contribution in [0, 0.1) is 0 Å². The van der Waals surface area contributed by atoms with Crippen LogP contribution in [0.25, 0.3) is 0 Å². The van der Waals surface area contributed by atoms with Gasteiger partial charge in [0.15, 0.2) is 5.78 Å². The molecule has 0 unspecified atom stereocenters. The standard InChI is InChI=1S/C13H18N2O/c1-15-10-11(9-14-15)8-13(16)12-6-4-2-3-5-7-12/h6,9-10H,2-5,7-8H2,1H3. The van der Waals surface area contributed by atoms with Crippen molar-refractivity contribution >= 4 is 5.78 Å². The van der Waals surface area contributed by atoms with Crippen LogP contribution in [0.5, 0.6) is 0 Å². The largest absolute Gasteiger partial charge is 0.294 e. The summed E-state index contributed by atoms with van der Waals surface area (Å²) in [6, 6.07) is 0. The Morgan fingerprint density at radius 3 is 3.06 bits per heavy atom. The normalized spacial score (nSPS) is 16.7. The zero-order chi connectivity index (χ0) is 11.4. The molecule has 0 amide bonds. The molecule has 0 radical (unpaired) electrons. The Bertz CT molecular complexity index is 404. The lowest BCUT2D eigenvalue weighted by Gasteiger charge is -2.02. The summed E-state index contributed by atoms with van der Waals surface area (Å²) in [6.45, 7) is 0. The average molecular weight is 218 g/mol. The van der Waals surface area contributed by atoms with Gasteiger partial charge in [-0.2, -0.15) is 5.10 Å². The van der Waals surface area contributed by atoms with Crippen molar-refractivity contribution in [3.8, 4) is 0 Å². The molecule has 3 nitrogen and oxygen atoms in total. The van der Waals surface area contributed by atoms with E-state index < -0.39 is 0 Å². The molecule has 1 aliphatic rings. The third-order valence-electron chi connectivity index (χ3n) is 3.02. The molecule has 0 aliphatic heterocycles. The molecule has 1 heterocycles. The van der Waals surface area contributed by atoms with E-state index in [1.165, 1.54) is 12.8 Å². The number of Topliss-reactive ketones (excluding diaryl/α,β-unsaturated/α-hetero) is 1. The fourth-order valence-electron chi connectivity index (χ4n) is 2.13. The number of hydrogen-bond acceptors (Lipinski definition) is 2. The molecule has 86 valence electrons. The van der Waals surface area contributed by atoms with Crippen LogP contribution in [0.4, 0.5) is 0 Å². The summed E-state index contributed by atoms with van der Waals surface area (Å²) in [5.41, 5.74) is 2.04. The smallest absolute Gasteiger partial charge is 0.163 e. The van der Waals surface area contributed by atoms with Crippen LogP contribution in [-0.4, -0.2) is 15.6 Å². The van der Waals surface area contributed by atoms with Crippen LogP contribution in [-0.2, 0) is 18.3 Å². The Hall–Kier alpha value is -1.38. The second-order valence-electron chi connectivity index (χ2n) is 4.45. The van der Waals surface area contributed by atoms with E-state index in [1.54, 1.807) is 10.9 Å². The molecule has 0 fully saturated rings. The highest BCUT2D eigenvalue weighted by atomic mass is 16.1. The van der Waals surface area contributed by atoms with Gasteiger partial charge in [-0.15, -0.1) is 0 Å². The van der Waals surface area contributed by atoms with Crippen molar-refractivity contribution in [2.24, 2.45) is 7.05 Å².